The van der Waals surface area contributed by atoms with E-state index in [2.05, 4.69) is 44.4 Å². The van der Waals surface area contributed by atoms with Crippen molar-refractivity contribution in [3.05, 3.63) is 23.7 Å². The van der Waals surface area contributed by atoms with E-state index in [0.29, 0.717) is 6.04 Å². The Hall–Kier alpha value is -0.800. The largest absolute Gasteiger partial charge is 0.466 e. The summed E-state index contributed by atoms with van der Waals surface area (Å²) < 4.78 is 5.75. The van der Waals surface area contributed by atoms with E-state index in [9.17, 15) is 0 Å². The molecule has 1 fully saturated rings. The van der Waals surface area contributed by atoms with Crippen LogP contribution in [0.1, 0.15) is 45.6 Å². The van der Waals surface area contributed by atoms with Crippen molar-refractivity contribution in [1.82, 2.24) is 10.6 Å². The fraction of sp³-hybridized carbons (Fsp3) is 0.733. The van der Waals surface area contributed by atoms with Crippen LogP contribution in [-0.4, -0.2) is 24.7 Å². The minimum Gasteiger partial charge on any atom is -0.466 e. The third kappa shape index (κ3) is 3.15. The van der Waals surface area contributed by atoms with Gasteiger partial charge in [0.15, 0.2) is 0 Å². The Morgan fingerprint density at radius 2 is 2.17 bits per heavy atom. The van der Waals surface area contributed by atoms with Gasteiger partial charge in [0.05, 0.1) is 0 Å². The van der Waals surface area contributed by atoms with E-state index in [1.54, 1.807) is 0 Å². The van der Waals surface area contributed by atoms with Gasteiger partial charge < -0.3 is 15.1 Å². The first-order valence-corrected chi connectivity index (χ1v) is 6.84. The van der Waals surface area contributed by atoms with Gasteiger partial charge in [0.2, 0.25) is 0 Å². The monoisotopic (exact) mass is 250 g/mol. The molecule has 0 amide bonds. The normalized spacial score (nSPS) is 23.5. The highest BCUT2D eigenvalue weighted by Crippen LogP contribution is 2.25. The van der Waals surface area contributed by atoms with Crippen molar-refractivity contribution in [2.24, 2.45) is 0 Å². The van der Waals surface area contributed by atoms with E-state index >= 15 is 0 Å². The van der Waals surface area contributed by atoms with Gasteiger partial charge in [-0.2, -0.15) is 0 Å². The van der Waals surface area contributed by atoms with Crippen LogP contribution in [-0.2, 0) is 5.41 Å². The summed E-state index contributed by atoms with van der Waals surface area (Å²) in [5.41, 5.74) is 0.310. The van der Waals surface area contributed by atoms with Gasteiger partial charge in [0.25, 0.3) is 0 Å². The molecule has 1 saturated heterocycles. The molecule has 1 aliphatic heterocycles. The molecule has 0 radical (unpaired) electrons. The van der Waals surface area contributed by atoms with E-state index in [-0.39, 0.29) is 11.0 Å². The van der Waals surface area contributed by atoms with Gasteiger partial charge in [-0.3, -0.25) is 0 Å². The molecule has 0 aromatic carbocycles. The fourth-order valence-electron chi connectivity index (χ4n) is 2.59. The zero-order valence-electron chi connectivity index (χ0n) is 12.3. The molecule has 3 heteroatoms. The zero-order valence-corrected chi connectivity index (χ0v) is 12.3. The lowest BCUT2D eigenvalue weighted by Gasteiger charge is -2.25. The SMILES string of the molecule is Cc1ccc(C(C)(C)CNC2CNC(C)(C)C2)o1. The quantitative estimate of drug-likeness (QED) is 0.862. The van der Waals surface area contributed by atoms with E-state index in [4.69, 9.17) is 4.42 Å². The Morgan fingerprint density at radius 1 is 1.44 bits per heavy atom. The number of aryl methyl sites for hydroxylation is 1. The Labute approximate surface area is 110 Å². The van der Waals surface area contributed by atoms with Gasteiger partial charge in [-0.25, -0.2) is 0 Å². The van der Waals surface area contributed by atoms with E-state index in [0.717, 1.165) is 24.6 Å². The van der Waals surface area contributed by atoms with Gasteiger partial charge in [0.1, 0.15) is 11.5 Å². The van der Waals surface area contributed by atoms with E-state index in [1.165, 1.54) is 6.42 Å². The second kappa shape index (κ2) is 4.71. The Bertz CT molecular complexity index is 406. The summed E-state index contributed by atoms with van der Waals surface area (Å²) in [5, 5.41) is 7.20. The van der Waals surface area contributed by atoms with Gasteiger partial charge >= 0.3 is 0 Å². The van der Waals surface area contributed by atoms with Crippen LogP contribution in [0.5, 0.6) is 0 Å². The van der Waals surface area contributed by atoms with Crippen LogP contribution < -0.4 is 10.6 Å². The molecule has 0 aliphatic carbocycles. The van der Waals surface area contributed by atoms with Crippen LogP contribution in [0.3, 0.4) is 0 Å². The van der Waals surface area contributed by atoms with Gasteiger partial charge in [-0.15, -0.1) is 0 Å². The van der Waals surface area contributed by atoms with E-state index < -0.39 is 0 Å². The van der Waals surface area contributed by atoms with Crippen LogP contribution in [0.15, 0.2) is 16.5 Å². The second-order valence-corrected chi connectivity index (χ2v) is 6.84. The first kappa shape index (κ1) is 13.6. The lowest BCUT2D eigenvalue weighted by molar-refractivity contribution is 0.341. The van der Waals surface area contributed by atoms with E-state index in [1.807, 2.05) is 13.0 Å². The molecule has 1 aromatic rings. The van der Waals surface area contributed by atoms with Crippen LogP contribution in [0, 0.1) is 6.92 Å². The number of nitrogens with one attached hydrogen (secondary N) is 2. The van der Waals surface area contributed by atoms with Crippen molar-refractivity contribution < 1.29 is 4.42 Å². The highest BCUT2D eigenvalue weighted by Gasteiger charge is 2.32. The molecule has 1 aliphatic rings. The highest BCUT2D eigenvalue weighted by atomic mass is 16.3. The smallest absolute Gasteiger partial charge is 0.111 e. The summed E-state index contributed by atoms with van der Waals surface area (Å²) in [6.45, 7) is 13.0. The standard InChI is InChI=1S/C15H26N2O/c1-11-6-7-13(18-11)14(2,3)10-16-12-8-15(4,5)17-9-12/h6-7,12,16-17H,8-10H2,1-5H3. The first-order valence-electron chi connectivity index (χ1n) is 6.84. The maximum atomic E-state index is 5.75. The van der Waals surface area contributed by atoms with Crippen LogP contribution in [0.2, 0.25) is 0 Å². The number of hydrogen-bond acceptors (Lipinski definition) is 3. The molecule has 0 spiro atoms. The Balaban J connectivity index is 1.90. The fourth-order valence-corrected chi connectivity index (χ4v) is 2.59. The molecule has 2 N–H and O–H groups in total. The molecule has 102 valence electrons. The third-order valence-electron chi connectivity index (χ3n) is 3.82. The Kier molecular flexibility index (Phi) is 3.56. The lowest BCUT2D eigenvalue weighted by atomic mass is 9.89. The minimum absolute atomic E-state index is 0.0427. The maximum absolute atomic E-state index is 5.75. The van der Waals surface area contributed by atoms with Crippen molar-refractivity contribution >= 4 is 0 Å². The topological polar surface area (TPSA) is 37.2 Å². The maximum Gasteiger partial charge on any atom is 0.111 e. The summed E-state index contributed by atoms with van der Waals surface area (Å²) in [7, 11) is 0. The molecule has 0 bridgehead atoms. The van der Waals surface area contributed by atoms with Gasteiger partial charge in [-0.1, -0.05) is 13.8 Å². The minimum atomic E-state index is 0.0427. The van der Waals surface area contributed by atoms with Crippen LogP contribution in [0.25, 0.3) is 0 Å². The zero-order chi connectivity index (χ0) is 13.4. The van der Waals surface area contributed by atoms with Crippen molar-refractivity contribution in [1.29, 1.82) is 0 Å². The molecule has 0 saturated carbocycles. The molecule has 1 atom stereocenters. The second-order valence-electron chi connectivity index (χ2n) is 6.84. The highest BCUT2D eigenvalue weighted by molar-refractivity contribution is 5.15. The summed E-state index contributed by atoms with van der Waals surface area (Å²) in [5.74, 6) is 2.06. The predicted octanol–water partition coefficient (Wildman–Crippen LogP) is 2.60. The average molecular weight is 250 g/mol. The lowest BCUT2D eigenvalue weighted by Crippen LogP contribution is -2.40. The number of hydrogen-bond donors (Lipinski definition) is 2. The molecule has 2 rings (SSSR count). The molecule has 1 unspecified atom stereocenters. The van der Waals surface area contributed by atoms with Gasteiger partial charge in [0, 0.05) is 30.1 Å². The molecule has 18 heavy (non-hydrogen) atoms. The van der Waals surface area contributed by atoms with Crippen molar-refractivity contribution in [3.8, 4) is 0 Å². The van der Waals surface area contributed by atoms with Crippen molar-refractivity contribution in [2.75, 3.05) is 13.1 Å². The third-order valence-corrected chi connectivity index (χ3v) is 3.82. The molecule has 3 nitrogen and oxygen atoms in total. The summed E-state index contributed by atoms with van der Waals surface area (Å²) in [6, 6.07) is 4.70. The van der Waals surface area contributed by atoms with Crippen molar-refractivity contribution in [3.63, 3.8) is 0 Å². The Morgan fingerprint density at radius 3 is 2.67 bits per heavy atom. The van der Waals surface area contributed by atoms with Crippen molar-refractivity contribution in [2.45, 2.75) is 58.0 Å². The van der Waals surface area contributed by atoms with Gasteiger partial charge in [-0.05, 0) is 39.3 Å². The predicted molar refractivity (Wildman–Crippen MR) is 75.0 cm³/mol. The molecular formula is C15H26N2O. The number of rotatable bonds is 4. The average Bonchev–Trinajstić information content (AvgIpc) is 2.82. The van der Waals surface area contributed by atoms with Crippen LogP contribution in [0.4, 0.5) is 0 Å². The molecule has 1 aromatic heterocycles. The summed E-state index contributed by atoms with van der Waals surface area (Å²) >= 11 is 0. The first-order chi connectivity index (χ1) is 8.28. The molecule has 2 heterocycles. The summed E-state index contributed by atoms with van der Waals surface area (Å²) in [6.07, 6.45) is 1.18. The summed E-state index contributed by atoms with van der Waals surface area (Å²) in [4.78, 5) is 0. The number of furan rings is 1. The van der Waals surface area contributed by atoms with Crippen LogP contribution >= 0.6 is 0 Å². The molecular weight excluding hydrogens is 224 g/mol.